The van der Waals surface area contributed by atoms with E-state index in [0.717, 1.165) is 17.8 Å². The maximum Gasteiger partial charge on any atom is 0.269 e. The van der Waals surface area contributed by atoms with Crippen LogP contribution in [0.1, 0.15) is 25.0 Å². The smallest absolute Gasteiger partial charge is 0.269 e. The Labute approximate surface area is 119 Å². The van der Waals surface area contributed by atoms with Crippen molar-refractivity contribution in [3.63, 3.8) is 0 Å². The summed E-state index contributed by atoms with van der Waals surface area (Å²) in [4.78, 5) is 12.0. The molecule has 0 spiro atoms. The van der Waals surface area contributed by atoms with E-state index in [1.807, 2.05) is 31.2 Å². The highest BCUT2D eigenvalue weighted by Gasteiger charge is 2.02. The van der Waals surface area contributed by atoms with E-state index >= 15 is 0 Å². The van der Waals surface area contributed by atoms with Crippen LogP contribution in [-0.2, 0) is 6.54 Å². The number of hydrogen-bond donors (Lipinski definition) is 1. The Kier molecular flexibility index (Phi) is 4.56. The molecule has 4 nitrogen and oxygen atoms in total. The minimum Gasteiger partial charge on any atom is -0.383 e. The van der Waals surface area contributed by atoms with Gasteiger partial charge in [0.2, 0.25) is 0 Å². The molecule has 1 aromatic heterocycles. The molecule has 20 heavy (non-hydrogen) atoms. The van der Waals surface area contributed by atoms with Crippen molar-refractivity contribution in [2.75, 3.05) is 11.9 Å². The molecule has 0 aliphatic rings. The second-order valence-electron chi connectivity index (χ2n) is 5.50. The van der Waals surface area contributed by atoms with Crippen LogP contribution in [0.2, 0.25) is 0 Å². The van der Waals surface area contributed by atoms with E-state index in [-0.39, 0.29) is 5.56 Å². The van der Waals surface area contributed by atoms with Gasteiger partial charge in [-0.3, -0.25) is 4.79 Å². The van der Waals surface area contributed by atoms with Crippen molar-refractivity contribution in [1.82, 2.24) is 9.78 Å². The van der Waals surface area contributed by atoms with E-state index in [1.165, 1.54) is 10.2 Å². The zero-order chi connectivity index (χ0) is 14.5. The number of hydrogen-bond acceptors (Lipinski definition) is 3. The average molecular weight is 271 g/mol. The Balaban J connectivity index is 2.09. The van der Waals surface area contributed by atoms with Crippen LogP contribution in [0.5, 0.6) is 0 Å². The summed E-state index contributed by atoms with van der Waals surface area (Å²) in [5.41, 5.74) is 2.98. The maximum atomic E-state index is 12.0. The van der Waals surface area contributed by atoms with Crippen LogP contribution >= 0.6 is 0 Å². The van der Waals surface area contributed by atoms with Gasteiger partial charge in [0.1, 0.15) is 0 Å². The molecule has 1 N–H and O–H groups in total. The lowest BCUT2D eigenvalue weighted by Gasteiger charge is -2.10. The summed E-state index contributed by atoms with van der Waals surface area (Å²) in [7, 11) is 0. The van der Waals surface area contributed by atoms with Gasteiger partial charge < -0.3 is 5.32 Å². The molecular formula is C16H21N3O. The lowest BCUT2D eigenvalue weighted by atomic mass is 10.1. The molecule has 0 aliphatic carbocycles. The highest BCUT2D eigenvalue weighted by atomic mass is 16.1. The van der Waals surface area contributed by atoms with E-state index in [1.54, 1.807) is 12.3 Å². The normalized spacial score (nSPS) is 10.8. The fourth-order valence-electron chi connectivity index (χ4n) is 1.84. The molecule has 0 saturated heterocycles. The van der Waals surface area contributed by atoms with Crippen molar-refractivity contribution >= 4 is 5.69 Å². The number of benzene rings is 1. The fraction of sp³-hybridized carbons (Fsp3) is 0.375. The Bertz CT molecular complexity index is 614. The minimum atomic E-state index is -0.0840. The molecule has 4 heteroatoms. The first kappa shape index (κ1) is 14.3. The standard InChI is InChI=1S/C16H21N3O/c1-12(2)9-17-15-8-16(20)19(18-10-15)11-14-6-4-13(3)5-7-14/h4-8,10,12,17H,9,11H2,1-3H3. The number of nitrogens with zero attached hydrogens (tertiary/aromatic N) is 2. The van der Waals surface area contributed by atoms with Gasteiger partial charge in [0.05, 0.1) is 18.4 Å². The van der Waals surface area contributed by atoms with Crippen LogP contribution in [0, 0.1) is 12.8 Å². The molecular weight excluding hydrogens is 250 g/mol. The monoisotopic (exact) mass is 271 g/mol. The Morgan fingerprint density at radius 3 is 2.55 bits per heavy atom. The predicted molar refractivity (Wildman–Crippen MR) is 82.1 cm³/mol. The Morgan fingerprint density at radius 1 is 1.25 bits per heavy atom. The lowest BCUT2D eigenvalue weighted by molar-refractivity contribution is 0.637. The van der Waals surface area contributed by atoms with Crippen LogP contribution in [0.25, 0.3) is 0 Å². The second-order valence-corrected chi connectivity index (χ2v) is 5.50. The van der Waals surface area contributed by atoms with Crippen molar-refractivity contribution in [2.24, 2.45) is 5.92 Å². The molecule has 0 aliphatic heterocycles. The maximum absolute atomic E-state index is 12.0. The summed E-state index contributed by atoms with van der Waals surface area (Å²) >= 11 is 0. The molecule has 0 atom stereocenters. The molecule has 2 aromatic rings. The van der Waals surface area contributed by atoms with Crippen LogP contribution in [-0.4, -0.2) is 16.3 Å². The first-order valence-electron chi connectivity index (χ1n) is 6.91. The van der Waals surface area contributed by atoms with Gasteiger partial charge in [0.15, 0.2) is 0 Å². The van der Waals surface area contributed by atoms with E-state index < -0.39 is 0 Å². The summed E-state index contributed by atoms with van der Waals surface area (Å²) in [5.74, 6) is 0.532. The molecule has 0 bridgehead atoms. The first-order valence-corrected chi connectivity index (χ1v) is 6.91. The molecule has 1 heterocycles. The van der Waals surface area contributed by atoms with Crippen molar-refractivity contribution in [1.29, 1.82) is 0 Å². The third kappa shape index (κ3) is 3.95. The van der Waals surface area contributed by atoms with Gasteiger partial charge in [-0.15, -0.1) is 0 Å². The SMILES string of the molecule is Cc1ccc(Cn2ncc(NCC(C)C)cc2=O)cc1. The fourth-order valence-corrected chi connectivity index (χ4v) is 1.84. The summed E-state index contributed by atoms with van der Waals surface area (Å²) in [6, 6.07) is 9.73. The van der Waals surface area contributed by atoms with Crippen LogP contribution < -0.4 is 10.9 Å². The van der Waals surface area contributed by atoms with E-state index in [9.17, 15) is 4.79 Å². The van der Waals surface area contributed by atoms with E-state index in [0.29, 0.717) is 12.5 Å². The molecule has 0 radical (unpaired) electrons. The van der Waals surface area contributed by atoms with Crippen LogP contribution in [0.15, 0.2) is 41.3 Å². The quantitative estimate of drug-likeness (QED) is 0.909. The van der Waals surface area contributed by atoms with E-state index in [4.69, 9.17) is 0 Å². The van der Waals surface area contributed by atoms with E-state index in [2.05, 4.69) is 24.3 Å². The number of aryl methyl sites for hydroxylation is 1. The predicted octanol–water partition coefficient (Wildman–Crippen LogP) is 2.67. The number of rotatable bonds is 5. The summed E-state index contributed by atoms with van der Waals surface area (Å²) in [5, 5.41) is 7.42. The van der Waals surface area contributed by atoms with Gasteiger partial charge in [0, 0.05) is 12.6 Å². The second kappa shape index (κ2) is 6.37. The number of anilines is 1. The van der Waals surface area contributed by atoms with Gasteiger partial charge in [-0.2, -0.15) is 5.10 Å². The Hall–Kier alpha value is -2.10. The largest absolute Gasteiger partial charge is 0.383 e. The zero-order valence-corrected chi connectivity index (χ0v) is 12.3. The molecule has 0 saturated carbocycles. The van der Waals surface area contributed by atoms with Crippen LogP contribution in [0.4, 0.5) is 5.69 Å². The van der Waals surface area contributed by atoms with Crippen molar-refractivity contribution < 1.29 is 0 Å². The van der Waals surface area contributed by atoms with Gasteiger partial charge in [-0.05, 0) is 18.4 Å². The van der Waals surface area contributed by atoms with Gasteiger partial charge >= 0.3 is 0 Å². The van der Waals surface area contributed by atoms with Crippen molar-refractivity contribution in [3.8, 4) is 0 Å². The third-order valence-corrected chi connectivity index (χ3v) is 3.04. The third-order valence-electron chi connectivity index (χ3n) is 3.04. The topological polar surface area (TPSA) is 46.9 Å². The number of nitrogens with one attached hydrogen (secondary N) is 1. The van der Waals surface area contributed by atoms with Crippen molar-refractivity contribution in [2.45, 2.75) is 27.3 Å². The summed E-state index contributed by atoms with van der Waals surface area (Å²) in [6.45, 7) is 7.63. The molecule has 1 aromatic carbocycles. The molecule has 106 valence electrons. The van der Waals surface area contributed by atoms with Gasteiger partial charge in [-0.1, -0.05) is 43.7 Å². The van der Waals surface area contributed by atoms with Crippen molar-refractivity contribution in [3.05, 3.63) is 58.0 Å². The van der Waals surface area contributed by atoms with Gasteiger partial charge in [-0.25, -0.2) is 4.68 Å². The molecule has 0 amide bonds. The molecule has 2 rings (SSSR count). The van der Waals surface area contributed by atoms with Gasteiger partial charge in [0.25, 0.3) is 5.56 Å². The molecule has 0 fully saturated rings. The zero-order valence-electron chi connectivity index (χ0n) is 12.3. The lowest BCUT2D eigenvalue weighted by Crippen LogP contribution is -2.23. The highest BCUT2D eigenvalue weighted by molar-refractivity contribution is 5.38. The first-order chi connectivity index (χ1) is 9.54. The van der Waals surface area contributed by atoms with Crippen LogP contribution in [0.3, 0.4) is 0 Å². The average Bonchev–Trinajstić information content (AvgIpc) is 2.41. The highest BCUT2D eigenvalue weighted by Crippen LogP contribution is 2.05. The summed E-state index contributed by atoms with van der Waals surface area (Å²) in [6.07, 6.45) is 1.71. The molecule has 0 unspecified atom stereocenters. The summed E-state index contributed by atoms with van der Waals surface area (Å²) < 4.78 is 1.48. The Morgan fingerprint density at radius 2 is 1.95 bits per heavy atom. The number of aromatic nitrogens is 2. The minimum absolute atomic E-state index is 0.0840.